The highest BCUT2D eigenvalue weighted by molar-refractivity contribution is 5.70. The van der Waals surface area contributed by atoms with Crippen LogP contribution < -0.4 is 5.32 Å². The van der Waals surface area contributed by atoms with Gasteiger partial charge in [-0.1, -0.05) is 0 Å². The molecule has 0 saturated heterocycles. The first-order valence-corrected chi connectivity index (χ1v) is 7.26. The predicted molar refractivity (Wildman–Crippen MR) is 84.3 cm³/mol. The Hall–Kier alpha value is -2.50. The van der Waals surface area contributed by atoms with Gasteiger partial charge >= 0.3 is 5.97 Å². The zero-order valence-corrected chi connectivity index (χ0v) is 13.0. The molecule has 0 aliphatic heterocycles. The summed E-state index contributed by atoms with van der Waals surface area (Å²) in [5, 5.41) is 3.21. The Kier molecular flexibility index (Phi) is 5.41. The van der Waals surface area contributed by atoms with Gasteiger partial charge < -0.3 is 10.1 Å². The standard InChI is InChI=1S/C16H20N4O2/c1-4-22-15(21)9-12(3)18-14-8-11(2)19-16(20-14)13-6-5-7-17-10-13/h5-8,10,12H,4,9H2,1-3H3,(H,18,19,20). The Morgan fingerprint density at radius 2 is 2.23 bits per heavy atom. The molecule has 0 aliphatic rings. The SMILES string of the molecule is CCOC(=O)CC(C)Nc1cc(C)nc(-c2cccnc2)n1. The van der Waals surface area contributed by atoms with Gasteiger partial charge in [-0.2, -0.15) is 0 Å². The Bertz CT molecular complexity index is 631. The molecule has 1 atom stereocenters. The maximum Gasteiger partial charge on any atom is 0.307 e. The van der Waals surface area contributed by atoms with Gasteiger partial charge in [0.25, 0.3) is 0 Å². The average molecular weight is 300 g/mol. The summed E-state index contributed by atoms with van der Waals surface area (Å²) in [4.78, 5) is 24.5. The van der Waals surface area contributed by atoms with Crippen LogP contribution in [0, 0.1) is 6.92 Å². The predicted octanol–water partition coefficient (Wildman–Crippen LogP) is 2.60. The van der Waals surface area contributed by atoms with E-state index in [9.17, 15) is 4.79 Å². The average Bonchev–Trinajstić information content (AvgIpc) is 2.47. The summed E-state index contributed by atoms with van der Waals surface area (Å²) >= 11 is 0. The summed E-state index contributed by atoms with van der Waals surface area (Å²) in [6.07, 6.45) is 3.72. The Labute approximate surface area is 130 Å². The number of ether oxygens (including phenoxy) is 1. The van der Waals surface area contributed by atoms with Gasteiger partial charge in [0.15, 0.2) is 5.82 Å². The number of aryl methyl sites for hydroxylation is 1. The molecule has 22 heavy (non-hydrogen) atoms. The van der Waals surface area contributed by atoms with E-state index in [1.54, 1.807) is 19.3 Å². The van der Waals surface area contributed by atoms with E-state index in [1.807, 2.05) is 32.0 Å². The molecule has 0 bridgehead atoms. The van der Waals surface area contributed by atoms with Crippen LogP contribution in [0.15, 0.2) is 30.6 Å². The normalized spacial score (nSPS) is 11.8. The zero-order valence-electron chi connectivity index (χ0n) is 13.0. The maximum absolute atomic E-state index is 11.5. The van der Waals surface area contributed by atoms with Crippen molar-refractivity contribution in [3.05, 3.63) is 36.3 Å². The third-order valence-corrected chi connectivity index (χ3v) is 2.95. The second-order valence-electron chi connectivity index (χ2n) is 5.01. The van der Waals surface area contributed by atoms with Crippen molar-refractivity contribution in [1.82, 2.24) is 15.0 Å². The van der Waals surface area contributed by atoms with Crippen LogP contribution in [0.25, 0.3) is 11.4 Å². The Balaban J connectivity index is 2.12. The molecule has 116 valence electrons. The molecule has 6 nitrogen and oxygen atoms in total. The first kappa shape index (κ1) is 15.9. The van der Waals surface area contributed by atoms with Gasteiger partial charge in [0.05, 0.1) is 13.0 Å². The third kappa shape index (κ3) is 4.51. The summed E-state index contributed by atoms with van der Waals surface area (Å²) in [6.45, 7) is 6.01. The number of aromatic nitrogens is 3. The molecule has 2 aromatic heterocycles. The van der Waals surface area contributed by atoms with Gasteiger partial charge in [-0.25, -0.2) is 9.97 Å². The fourth-order valence-electron chi connectivity index (χ4n) is 2.04. The molecular weight excluding hydrogens is 280 g/mol. The number of hydrogen-bond acceptors (Lipinski definition) is 6. The van der Waals surface area contributed by atoms with Gasteiger partial charge in [-0.05, 0) is 32.9 Å². The second kappa shape index (κ2) is 7.49. The number of carbonyl (C=O) groups excluding carboxylic acids is 1. The van der Waals surface area contributed by atoms with E-state index in [-0.39, 0.29) is 12.0 Å². The minimum atomic E-state index is -0.222. The molecule has 0 amide bonds. The van der Waals surface area contributed by atoms with Gasteiger partial charge in [0, 0.05) is 35.8 Å². The third-order valence-electron chi connectivity index (χ3n) is 2.95. The molecule has 2 aromatic rings. The van der Waals surface area contributed by atoms with E-state index in [0.717, 1.165) is 11.3 Å². The zero-order chi connectivity index (χ0) is 15.9. The second-order valence-corrected chi connectivity index (χ2v) is 5.01. The van der Waals surface area contributed by atoms with Crippen LogP contribution in [0.3, 0.4) is 0 Å². The van der Waals surface area contributed by atoms with E-state index in [1.165, 1.54) is 0 Å². The molecule has 2 rings (SSSR count). The molecular formula is C16H20N4O2. The first-order chi connectivity index (χ1) is 10.6. The van der Waals surface area contributed by atoms with E-state index in [2.05, 4.69) is 20.3 Å². The first-order valence-electron chi connectivity index (χ1n) is 7.26. The highest BCUT2D eigenvalue weighted by Gasteiger charge is 2.12. The Morgan fingerprint density at radius 3 is 2.91 bits per heavy atom. The van der Waals surface area contributed by atoms with Crippen LogP contribution in [0.5, 0.6) is 0 Å². The molecule has 1 unspecified atom stereocenters. The van der Waals surface area contributed by atoms with E-state index >= 15 is 0 Å². The topological polar surface area (TPSA) is 77.0 Å². The Morgan fingerprint density at radius 1 is 1.41 bits per heavy atom. The van der Waals surface area contributed by atoms with Crippen LogP contribution in [0.2, 0.25) is 0 Å². The fraction of sp³-hybridized carbons (Fsp3) is 0.375. The number of anilines is 1. The monoisotopic (exact) mass is 300 g/mol. The van der Waals surface area contributed by atoms with Crippen LogP contribution in [0.4, 0.5) is 5.82 Å². The lowest BCUT2D eigenvalue weighted by Crippen LogP contribution is -2.21. The van der Waals surface area contributed by atoms with E-state index in [0.29, 0.717) is 24.7 Å². The lowest BCUT2D eigenvalue weighted by Gasteiger charge is -2.14. The van der Waals surface area contributed by atoms with E-state index in [4.69, 9.17) is 4.74 Å². The lowest BCUT2D eigenvalue weighted by molar-refractivity contribution is -0.143. The molecule has 0 fully saturated rings. The van der Waals surface area contributed by atoms with Crippen LogP contribution in [0.1, 0.15) is 26.0 Å². The van der Waals surface area contributed by atoms with Crippen molar-refractivity contribution in [2.24, 2.45) is 0 Å². The van der Waals surface area contributed by atoms with Crippen LogP contribution in [-0.2, 0) is 9.53 Å². The van der Waals surface area contributed by atoms with Crippen molar-refractivity contribution in [3.8, 4) is 11.4 Å². The van der Waals surface area contributed by atoms with Crippen molar-refractivity contribution in [2.45, 2.75) is 33.2 Å². The molecule has 0 aromatic carbocycles. The highest BCUT2D eigenvalue weighted by atomic mass is 16.5. The van der Waals surface area contributed by atoms with Gasteiger partial charge in [-0.3, -0.25) is 9.78 Å². The molecule has 1 N–H and O–H groups in total. The lowest BCUT2D eigenvalue weighted by atomic mass is 10.2. The van der Waals surface area contributed by atoms with Crippen LogP contribution >= 0.6 is 0 Å². The number of rotatable bonds is 6. The molecule has 6 heteroatoms. The van der Waals surface area contributed by atoms with Gasteiger partial charge in [-0.15, -0.1) is 0 Å². The summed E-state index contributed by atoms with van der Waals surface area (Å²) in [6, 6.07) is 5.53. The van der Waals surface area contributed by atoms with Crippen molar-refractivity contribution >= 4 is 11.8 Å². The van der Waals surface area contributed by atoms with Crippen molar-refractivity contribution in [3.63, 3.8) is 0 Å². The number of hydrogen-bond donors (Lipinski definition) is 1. The number of nitrogens with one attached hydrogen (secondary N) is 1. The fourth-order valence-corrected chi connectivity index (χ4v) is 2.04. The van der Waals surface area contributed by atoms with Gasteiger partial charge in [0.2, 0.25) is 0 Å². The summed E-state index contributed by atoms with van der Waals surface area (Å²) in [7, 11) is 0. The number of esters is 1. The smallest absolute Gasteiger partial charge is 0.307 e. The summed E-state index contributed by atoms with van der Waals surface area (Å²) in [5.74, 6) is 1.07. The molecule has 2 heterocycles. The summed E-state index contributed by atoms with van der Waals surface area (Å²) < 4.78 is 4.95. The largest absolute Gasteiger partial charge is 0.466 e. The maximum atomic E-state index is 11.5. The minimum absolute atomic E-state index is 0.0740. The highest BCUT2D eigenvalue weighted by Crippen LogP contribution is 2.17. The molecule has 0 spiro atoms. The van der Waals surface area contributed by atoms with Gasteiger partial charge in [0.1, 0.15) is 5.82 Å². The molecule has 0 aliphatic carbocycles. The van der Waals surface area contributed by atoms with Crippen molar-refractivity contribution in [2.75, 3.05) is 11.9 Å². The van der Waals surface area contributed by atoms with Crippen molar-refractivity contribution < 1.29 is 9.53 Å². The summed E-state index contributed by atoms with van der Waals surface area (Å²) in [5.41, 5.74) is 1.70. The van der Waals surface area contributed by atoms with Crippen LogP contribution in [-0.4, -0.2) is 33.6 Å². The quantitative estimate of drug-likeness (QED) is 0.826. The van der Waals surface area contributed by atoms with E-state index < -0.39 is 0 Å². The number of pyridine rings is 1. The molecule has 0 saturated carbocycles. The van der Waals surface area contributed by atoms with Crippen molar-refractivity contribution in [1.29, 1.82) is 0 Å². The number of nitrogens with zero attached hydrogens (tertiary/aromatic N) is 3. The number of carbonyl (C=O) groups is 1. The molecule has 0 radical (unpaired) electrons. The minimum Gasteiger partial charge on any atom is -0.466 e.